The Labute approximate surface area is 211 Å². The minimum Gasteiger partial charge on any atom is -0.508 e. The van der Waals surface area contributed by atoms with Crippen LogP contribution >= 0.6 is 0 Å². The summed E-state index contributed by atoms with van der Waals surface area (Å²) in [4.78, 5) is 0. The normalized spacial score (nSPS) is 13.5. The van der Waals surface area contributed by atoms with Crippen LogP contribution in [0.2, 0.25) is 0 Å². The molecule has 4 nitrogen and oxygen atoms in total. The Morgan fingerprint density at radius 3 is 1.75 bits per heavy atom. The standard InChI is InChI=1S/C32H28O4/c1-2-3-4-5-18-34-26-14-8-22(9-15-26)30-20-24-11-16-27-31-23(10-17-28(36-30)32(24)31)19-29(35-27)21-6-12-25(33)13-7-21/h6-17,19-20,33H,2-5,18H2,1H3. The Bertz CT molecular complexity index is 1480. The second-order valence-electron chi connectivity index (χ2n) is 9.26. The van der Waals surface area contributed by atoms with E-state index < -0.39 is 0 Å². The van der Waals surface area contributed by atoms with E-state index in [-0.39, 0.29) is 5.75 Å². The number of aromatic hydroxyl groups is 1. The van der Waals surface area contributed by atoms with Crippen molar-refractivity contribution >= 4 is 34.4 Å². The van der Waals surface area contributed by atoms with Crippen molar-refractivity contribution in [3.63, 3.8) is 0 Å². The minimum atomic E-state index is 0.235. The summed E-state index contributed by atoms with van der Waals surface area (Å²) in [5.74, 6) is 4.32. The summed E-state index contributed by atoms with van der Waals surface area (Å²) < 4.78 is 18.5. The highest BCUT2D eigenvalue weighted by molar-refractivity contribution is 6.10. The van der Waals surface area contributed by atoms with Crippen LogP contribution in [0.1, 0.15) is 54.9 Å². The summed E-state index contributed by atoms with van der Waals surface area (Å²) in [6.07, 6.45) is 8.92. The zero-order valence-corrected chi connectivity index (χ0v) is 20.3. The molecule has 1 N–H and O–H groups in total. The average Bonchev–Trinajstić information content (AvgIpc) is 2.92. The van der Waals surface area contributed by atoms with Gasteiger partial charge in [0.25, 0.3) is 0 Å². The number of ether oxygens (including phenoxy) is 3. The average molecular weight is 477 g/mol. The summed E-state index contributed by atoms with van der Waals surface area (Å²) in [6.45, 7) is 2.97. The first kappa shape index (κ1) is 22.3. The van der Waals surface area contributed by atoms with Gasteiger partial charge in [0.1, 0.15) is 34.5 Å². The van der Waals surface area contributed by atoms with Gasteiger partial charge in [-0.1, -0.05) is 38.3 Å². The summed E-state index contributed by atoms with van der Waals surface area (Å²) >= 11 is 0. The molecule has 4 heteroatoms. The maximum absolute atomic E-state index is 9.62. The number of unbranched alkanes of at least 4 members (excludes halogenated alkanes) is 3. The monoisotopic (exact) mass is 476 g/mol. The first-order valence-corrected chi connectivity index (χ1v) is 12.6. The maximum atomic E-state index is 9.62. The summed E-state index contributed by atoms with van der Waals surface area (Å²) in [7, 11) is 0. The summed E-state index contributed by atoms with van der Waals surface area (Å²) in [6, 6.07) is 23.4. The smallest absolute Gasteiger partial charge is 0.136 e. The van der Waals surface area contributed by atoms with Crippen molar-refractivity contribution in [1.82, 2.24) is 0 Å². The quantitative estimate of drug-likeness (QED) is 0.260. The van der Waals surface area contributed by atoms with Gasteiger partial charge in [0.05, 0.1) is 6.61 Å². The molecular weight excluding hydrogens is 448 g/mol. The predicted molar refractivity (Wildman–Crippen MR) is 145 cm³/mol. The number of hydrogen-bond donors (Lipinski definition) is 1. The molecule has 0 saturated carbocycles. The van der Waals surface area contributed by atoms with Crippen LogP contribution in [0.5, 0.6) is 23.0 Å². The minimum absolute atomic E-state index is 0.235. The number of benzene rings is 4. The van der Waals surface area contributed by atoms with Crippen LogP contribution in [0.4, 0.5) is 0 Å². The van der Waals surface area contributed by atoms with Crippen LogP contribution in [0, 0.1) is 0 Å². The van der Waals surface area contributed by atoms with Crippen LogP contribution in [-0.4, -0.2) is 11.7 Å². The second-order valence-corrected chi connectivity index (χ2v) is 9.26. The highest BCUT2D eigenvalue weighted by Gasteiger charge is 2.24. The first-order chi connectivity index (χ1) is 17.7. The molecule has 0 unspecified atom stereocenters. The van der Waals surface area contributed by atoms with E-state index in [1.165, 1.54) is 19.3 Å². The molecule has 0 atom stereocenters. The SMILES string of the molecule is CCCCCCOc1ccc(C2=Cc3ccc4c5c(ccc(c35)O2)C=C(c2ccc(O)cc2)O4)cc1. The number of rotatable bonds is 8. The van der Waals surface area contributed by atoms with Crippen LogP contribution in [0.15, 0.2) is 72.8 Å². The maximum Gasteiger partial charge on any atom is 0.136 e. The van der Waals surface area contributed by atoms with E-state index >= 15 is 0 Å². The second kappa shape index (κ2) is 9.46. The fraction of sp³-hybridized carbons (Fsp3) is 0.188. The predicted octanol–water partition coefficient (Wildman–Crippen LogP) is 8.29. The molecule has 2 heterocycles. The van der Waals surface area contributed by atoms with E-state index in [2.05, 4.69) is 37.3 Å². The lowest BCUT2D eigenvalue weighted by molar-refractivity contribution is 0.305. The van der Waals surface area contributed by atoms with Crippen LogP contribution in [0.25, 0.3) is 34.4 Å². The van der Waals surface area contributed by atoms with Crippen LogP contribution in [-0.2, 0) is 0 Å². The molecule has 0 bridgehead atoms. The van der Waals surface area contributed by atoms with E-state index in [0.717, 1.165) is 74.8 Å². The van der Waals surface area contributed by atoms with Gasteiger partial charge >= 0.3 is 0 Å². The van der Waals surface area contributed by atoms with Crippen molar-refractivity contribution in [2.24, 2.45) is 0 Å². The summed E-state index contributed by atoms with van der Waals surface area (Å²) in [5.41, 5.74) is 4.12. The lowest BCUT2D eigenvalue weighted by Gasteiger charge is -2.24. The van der Waals surface area contributed by atoms with Crippen LogP contribution < -0.4 is 14.2 Å². The highest BCUT2D eigenvalue weighted by Crippen LogP contribution is 2.46. The van der Waals surface area contributed by atoms with Crippen molar-refractivity contribution in [1.29, 1.82) is 0 Å². The molecule has 0 saturated heterocycles. The molecule has 0 fully saturated rings. The Kier molecular flexibility index (Phi) is 5.86. The third-order valence-electron chi connectivity index (χ3n) is 6.72. The lowest BCUT2D eigenvalue weighted by atomic mass is 9.93. The molecule has 0 amide bonds. The molecule has 0 aliphatic carbocycles. The Balaban J connectivity index is 1.27. The van der Waals surface area contributed by atoms with Gasteiger partial charge in [-0.2, -0.15) is 0 Å². The van der Waals surface area contributed by atoms with Gasteiger partial charge in [0, 0.05) is 21.9 Å². The summed E-state index contributed by atoms with van der Waals surface area (Å²) in [5, 5.41) is 11.7. The van der Waals surface area contributed by atoms with Gasteiger partial charge in [0.2, 0.25) is 0 Å². The molecule has 2 aliphatic heterocycles. The zero-order chi connectivity index (χ0) is 24.5. The molecule has 0 spiro atoms. The van der Waals surface area contributed by atoms with E-state index in [1.54, 1.807) is 12.1 Å². The van der Waals surface area contributed by atoms with Gasteiger partial charge in [0.15, 0.2) is 0 Å². The molecule has 4 aromatic rings. The molecule has 2 aliphatic rings. The molecule has 6 rings (SSSR count). The topological polar surface area (TPSA) is 47.9 Å². The van der Waals surface area contributed by atoms with Gasteiger partial charge < -0.3 is 19.3 Å². The van der Waals surface area contributed by atoms with Gasteiger partial charge in [-0.15, -0.1) is 0 Å². The van der Waals surface area contributed by atoms with E-state index in [4.69, 9.17) is 14.2 Å². The first-order valence-electron chi connectivity index (χ1n) is 12.6. The Morgan fingerprint density at radius 1 is 0.639 bits per heavy atom. The molecule has 0 aromatic heterocycles. The number of hydrogen-bond acceptors (Lipinski definition) is 4. The highest BCUT2D eigenvalue weighted by atomic mass is 16.5. The van der Waals surface area contributed by atoms with E-state index in [0.29, 0.717) is 0 Å². The molecular formula is C32H28O4. The zero-order valence-electron chi connectivity index (χ0n) is 20.3. The van der Waals surface area contributed by atoms with Crippen LogP contribution in [0.3, 0.4) is 0 Å². The lowest BCUT2D eigenvalue weighted by Crippen LogP contribution is -2.06. The Morgan fingerprint density at radius 2 is 1.19 bits per heavy atom. The van der Waals surface area contributed by atoms with E-state index in [1.807, 2.05) is 42.5 Å². The molecule has 36 heavy (non-hydrogen) atoms. The third-order valence-corrected chi connectivity index (χ3v) is 6.72. The molecule has 4 aromatic carbocycles. The largest absolute Gasteiger partial charge is 0.508 e. The van der Waals surface area contributed by atoms with Gasteiger partial charge in [-0.05, 0) is 90.4 Å². The van der Waals surface area contributed by atoms with Crippen molar-refractivity contribution in [3.8, 4) is 23.0 Å². The van der Waals surface area contributed by atoms with E-state index in [9.17, 15) is 5.11 Å². The molecule has 180 valence electrons. The van der Waals surface area contributed by atoms with Gasteiger partial charge in [-0.3, -0.25) is 0 Å². The van der Waals surface area contributed by atoms with Gasteiger partial charge in [-0.25, -0.2) is 0 Å². The third kappa shape index (κ3) is 4.20. The fourth-order valence-corrected chi connectivity index (χ4v) is 4.82. The number of phenolic OH excluding ortho intramolecular Hbond substituents is 1. The van der Waals surface area contributed by atoms with Crippen molar-refractivity contribution in [3.05, 3.63) is 95.1 Å². The number of phenols is 1. The van der Waals surface area contributed by atoms with Crippen molar-refractivity contribution in [2.45, 2.75) is 32.6 Å². The fourth-order valence-electron chi connectivity index (χ4n) is 4.82. The molecule has 0 radical (unpaired) electrons. The Hall–Kier alpha value is -4.18. The van der Waals surface area contributed by atoms with Crippen molar-refractivity contribution in [2.75, 3.05) is 6.61 Å². The van der Waals surface area contributed by atoms with Crippen molar-refractivity contribution < 1.29 is 19.3 Å².